The summed E-state index contributed by atoms with van der Waals surface area (Å²) in [6, 6.07) is 8.47. The summed E-state index contributed by atoms with van der Waals surface area (Å²) in [5.41, 5.74) is 2.50. The zero-order valence-corrected chi connectivity index (χ0v) is 14.2. The molecular weight excluding hydrogens is 343 g/mol. The van der Waals surface area contributed by atoms with Crippen LogP contribution in [-0.2, 0) is 11.6 Å². The van der Waals surface area contributed by atoms with E-state index < -0.39 is 11.7 Å². The first-order valence-electron chi connectivity index (χ1n) is 8.15. The summed E-state index contributed by atoms with van der Waals surface area (Å²) >= 11 is 0. The van der Waals surface area contributed by atoms with Crippen LogP contribution in [-0.4, -0.2) is 22.4 Å². The summed E-state index contributed by atoms with van der Waals surface area (Å²) < 4.78 is 38.1. The Kier molecular flexibility index (Phi) is 3.41. The van der Waals surface area contributed by atoms with Gasteiger partial charge in [0.2, 0.25) is 0 Å². The SMILES string of the molecule is CC1(C)CNC(=O)c2cc3nc(-c4ccc(C(F)(F)F)cc4)[nH]c3cc21. The predicted octanol–water partition coefficient (Wildman–Crippen LogP) is 4.27. The summed E-state index contributed by atoms with van der Waals surface area (Å²) in [5.74, 6) is 0.328. The minimum Gasteiger partial charge on any atom is -0.351 e. The molecule has 4 rings (SSSR count). The molecule has 1 aliphatic rings. The average Bonchev–Trinajstić information content (AvgIpc) is 3.00. The third-order valence-electron chi connectivity index (χ3n) is 4.77. The fraction of sp³-hybridized carbons (Fsp3) is 0.263. The minimum absolute atomic E-state index is 0.139. The lowest BCUT2D eigenvalue weighted by molar-refractivity contribution is -0.137. The van der Waals surface area contributed by atoms with Gasteiger partial charge < -0.3 is 10.3 Å². The summed E-state index contributed by atoms with van der Waals surface area (Å²) in [7, 11) is 0. The number of carbonyl (C=O) groups is 1. The number of halogens is 3. The van der Waals surface area contributed by atoms with Crippen molar-refractivity contribution in [1.29, 1.82) is 0 Å². The van der Waals surface area contributed by atoms with Crippen LogP contribution in [0.1, 0.15) is 35.3 Å². The van der Waals surface area contributed by atoms with E-state index in [1.807, 2.05) is 19.9 Å². The Balaban J connectivity index is 1.80. The molecule has 0 fully saturated rings. The molecule has 4 nitrogen and oxygen atoms in total. The molecule has 2 heterocycles. The Morgan fingerprint density at radius 3 is 2.46 bits per heavy atom. The van der Waals surface area contributed by atoms with Crippen molar-refractivity contribution in [3.8, 4) is 11.4 Å². The Morgan fingerprint density at radius 2 is 1.81 bits per heavy atom. The molecule has 0 atom stereocenters. The van der Waals surface area contributed by atoms with E-state index in [9.17, 15) is 18.0 Å². The van der Waals surface area contributed by atoms with E-state index in [-0.39, 0.29) is 11.3 Å². The molecule has 3 aromatic rings. The van der Waals surface area contributed by atoms with Gasteiger partial charge in [0.05, 0.1) is 16.6 Å². The van der Waals surface area contributed by atoms with Crippen molar-refractivity contribution >= 4 is 16.9 Å². The highest BCUT2D eigenvalue weighted by Gasteiger charge is 2.32. The van der Waals surface area contributed by atoms with E-state index in [1.165, 1.54) is 12.1 Å². The molecule has 1 aliphatic heterocycles. The molecule has 134 valence electrons. The Hall–Kier alpha value is -2.83. The topological polar surface area (TPSA) is 57.8 Å². The van der Waals surface area contributed by atoms with Crippen LogP contribution in [0.2, 0.25) is 0 Å². The van der Waals surface area contributed by atoms with Crippen molar-refractivity contribution < 1.29 is 18.0 Å². The van der Waals surface area contributed by atoms with Gasteiger partial charge in [-0.3, -0.25) is 4.79 Å². The van der Waals surface area contributed by atoms with Gasteiger partial charge in [-0.2, -0.15) is 13.2 Å². The molecule has 0 spiro atoms. The van der Waals surface area contributed by atoms with Crippen LogP contribution in [0.25, 0.3) is 22.4 Å². The van der Waals surface area contributed by atoms with Crippen LogP contribution in [0.4, 0.5) is 13.2 Å². The van der Waals surface area contributed by atoms with Gasteiger partial charge in [-0.15, -0.1) is 0 Å². The maximum Gasteiger partial charge on any atom is 0.416 e. The molecule has 0 aliphatic carbocycles. The second-order valence-corrected chi connectivity index (χ2v) is 7.14. The molecule has 2 aromatic carbocycles. The largest absolute Gasteiger partial charge is 0.416 e. The predicted molar refractivity (Wildman–Crippen MR) is 91.9 cm³/mol. The number of fused-ring (bicyclic) bond motifs is 2. The second-order valence-electron chi connectivity index (χ2n) is 7.14. The summed E-state index contributed by atoms with van der Waals surface area (Å²) in [5, 5.41) is 2.87. The van der Waals surface area contributed by atoms with Crippen molar-refractivity contribution in [2.24, 2.45) is 0 Å². The third kappa shape index (κ3) is 2.64. The number of nitrogens with zero attached hydrogens (tertiary/aromatic N) is 1. The second kappa shape index (κ2) is 5.33. The van der Waals surface area contributed by atoms with Crippen molar-refractivity contribution in [3.63, 3.8) is 0 Å². The number of rotatable bonds is 1. The molecule has 0 saturated heterocycles. The summed E-state index contributed by atoms with van der Waals surface area (Å²) in [4.78, 5) is 19.8. The number of carbonyl (C=O) groups excluding carboxylic acids is 1. The van der Waals surface area contributed by atoms with Crippen LogP contribution >= 0.6 is 0 Å². The molecule has 2 N–H and O–H groups in total. The van der Waals surface area contributed by atoms with Gasteiger partial charge in [0.1, 0.15) is 5.82 Å². The van der Waals surface area contributed by atoms with Gasteiger partial charge in [0, 0.05) is 23.1 Å². The number of nitrogens with one attached hydrogen (secondary N) is 2. The van der Waals surface area contributed by atoms with Crippen molar-refractivity contribution in [2.75, 3.05) is 6.54 Å². The van der Waals surface area contributed by atoms with E-state index in [4.69, 9.17) is 0 Å². The van der Waals surface area contributed by atoms with E-state index in [0.717, 1.165) is 23.2 Å². The maximum atomic E-state index is 12.7. The smallest absolute Gasteiger partial charge is 0.351 e. The molecule has 1 amide bonds. The lowest BCUT2D eigenvalue weighted by Gasteiger charge is -2.32. The first-order chi connectivity index (χ1) is 12.1. The number of aromatic nitrogens is 2. The number of hydrogen-bond donors (Lipinski definition) is 2. The van der Waals surface area contributed by atoms with Crippen molar-refractivity contribution in [1.82, 2.24) is 15.3 Å². The molecule has 26 heavy (non-hydrogen) atoms. The van der Waals surface area contributed by atoms with E-state index in [0.29, 0.717) is 29.0 Å². The average molecular weight is 359 g/mol. The fourth-order valence-corrected chi connectivity index (χ4v) is 3.25. The first-order valence-corrected chi connectivity index (χ1v) is 8.15. The van der Waals surface area contributed by atoms with E-state index >= 15 is 0 Å². The van der Waals surface area contributed by atoms with Crippen molar-refractivity contribution in [2.45, 2.75) is 25.4 Å². The van der Waals surface area contributed by atoms with Gasteiger partial charge in [-0.1, -0.05) is 26.0 Å². The standard InChI is InChI=1S/C19H16F3N3O/c1-18(2)9-23-17(26)12-7-14-15(8-13(12)18)25-16(24-14)10-3-5-11(6-4-10)19(20,21)22/h3-8H,9H2,1-2H3,(H,23,26)(H,24,25). The van der Waals surface area contributed by atoms with E-state index in [2.05, 4.69) is 15.3 Å². The lowest BCUT2D eigenvalue weighted by Crippen LogP contribution is -2.43. The van der Waals surface area contributed by atoms with Crippen LogP contribution < -0.4 is 5.32 Å². The van der Waals surface area contributed by atoms with Gasteiger partial charge in [0.25, 0.3) is 5.91 Å². The minimum atomic E-state index is -4.37. The van der Waals surface area contributed by atoms with Crippen molar-refractivity contribution in [3.05, 3.63) is 53.1 Å². The molecule has 0 saturated carbocycles. The quantitative estimate of drug-likeness (QED) is 0.682. The maximum absolute atomic E-state index is 12.7. The zero-order chi connectivity index (χ0) is 18.7. The lowest BCUT2D eigenvalue weighted by atomic mass is 9.79. The molecule has 0 unspecified atom stereocenters. The molecule has 1 aromatic heterocycles. The molecule has 0 bridgehead atoms. The number of imidazole rings is 1. The number of hydrogen-bond acceptors (Lipinski definition) is 2. The summed E-state index contributed by atoms with van der Waals surface area (Å²) in [6.45, 7) is 4.64. The van der Waals surface area contributed by atoms with Crippen LogP contribution in [0.5, 0.6) is 0 Å². The number of amides is 1. The van der Waals surface area contributed by atoms with Gasteiger partial charge in [-0.25, -0.2) is 4.98 Å². The third-order valence-corrected chi connectivity index (χ3v) is 4.77. The summed E-state index contributed by atoms with van der Waals surface area (Å²) in [6.07, 6.45) is -4.37. The first kappa shape index (κ1) is 16.6. The van der Waals surface area contributed by atoms with Crippen LogP contribution in [0, 0.1) is 0 Å². The number of H-pyrrole nitrogens is 1. The Morgan fingerprint density at radius 1 is 1.12 bits per heavy atom. The highest BCUT2D eigenvalue weighted by molar-refractivity contribution is 6.01. The zero-order valence-electron chi connectivity index (χ0n) is 14.2. The fourth-order valence-electron chi connectivity index (χ4n) is 3.25. The molecule has 7 heteroatoms. The van der Waals surface area contributed by atoms with E-state index in [1.54, 1.807) is 6.07 Å². The highest BCUT2D eigenvalue weighted by atomic mass is 19.4. The molecule has 0 radical (unpaired) electrons. The van der Waals surface area contributed by atoms with Crippen LogP contribution in [0.3, 0.4) is 0 Å². The molecular formula is C19H16F3N3O. The Bertz CT molecular complexity index is 1020. The number of aromatic amines is 1. The van der Waals surface area contributed by atoms with Gasteiger partial charge >= 0.3 is 6.18 Å². The number of benzene rings is 2. The van der Waals surface area contributed by atoms with Gasteiger partial charge in [0.15, 0.2) is 0 Å². The number of alkyl halides is 3. The Labute approximate surface area is 147 Å². The highest BCUT2D eigenvalue weighted by Crippen LogP contribution is 2.34. The monoisotopic (exact) mass is 359 g/mol. The van der Waals surface area contributed by atoms with Gasteiger partial charge in [-0.05, 0) is 29.8 Å². The van der Waals surface area contributed by atoms with Crippen LogP contribution in [0.15, 0.2) is 36.4 Å². The normalized spacial score (nSPS) is 16.4.